The first-order chi connectivity index (χ1) is 15.1. The van der Waals surface area contributed by atoms with Crippen molar-refractivity contribution in [3.8, 4) is 0 Å². The van der Waals surface area contributed by atoms with Gasteiger partial charge in [0.15, 0.2) is 0 Å². The normalized spacial score (nSPS) is 16.4. The Kier molecular flexibility index (Phi) is 7.12. The van der Waals surface area contributed by atoms with Crippen molar-refractivity contribution in [2.75, 3.05) is 23.7 Å². The van der Waals surface area contributed by atoms with E-state index in [1.807, 2.05) is 51.1 Å². The zero-order valence-electron chi connectivity index (χ0n) is 18.9. The summed E-state index contributed by atoms with van der Waals surface area (Å²) in [6, 6.07) is 9.56. The Labute approximate surface area is 187 Å². The number of anilines is 2. The molecule has 1 aliphatic heterocycles. The van der Waals surface area contributed by atoms with Crippen LogP contribution in [0.5, 0.6) is 0 Å². The van der Waals surface area contributed by atoms with Crippen molar-refractivity contribution in [3.05, 3.63) is 51.7 Å². The summed E-state index contributed by atoms with van der Waals surface area (Å²) in [6.45, 7) is 8.51. The van der Waals surface area contributed by atoms with E-state index in [2.05, 4.69) is 20.6 Å². The molecule has 0 spiro atoms. The molecule has 0 saturated carbocycles. The summed E-state index contributed by atoms with van der Waals surface area (Å²) < 4.78 is 5.47. The molecule has 1 atom stereocenters. The Bertz CT molecular complexity index is 961. The molecule has 1 saturated heterocycles. The van der Waals surface area contributed by atoms with E-state index in [0.29, 0.717) is 25.6 Å². The van der Waals surface area contributed by atoms with Crippen molar-refractivity contribution in [2.24, 2.45) is 0 Å². The van der Waals surface area contributed by atoms with Gasteiger partial charge >= 0.3 is 11.8 Å². The number of piperidine rings is 1. The van der Waals surface area contributed by atoms with Crippen LogP contribution in [0, 0.1) is 17.0 Å². The highest BCUT2D eigenvalue weighted by molar-refractivity contribution is 5.68. The van der Waals surface area contributed by atoms with Gasteiger partial charge in [-0.25, -0.2) is 9.78 Å². The van der Waals surface area contributed by atoms with Crippen molar-refractivity contribution in [2.45, 2.75) is 58.7 Å². The minimum atomic E-state index is -0.584. The monoisotopic (exact) mass is 442 g/mol. The first-order valence-corrected chi connectivity index (χ1v) is 10.7. The van der Waals surface area contributed by atoms with Crippen LogP contribution < -0.4 is 10.6 Å². The van der Waals surface area contributed by atoms with Crippen molar-refractivity contribution < 1.29 is 14.5 Å². The number of nitro groups is 1. The van der Waals surface area contributed by atoms with E-state index in [1.54, 1.807) is 11.8 Å². The van der Waals surface area contributed by atoms with Gasteiger partial charge in [0.1, 0.15) is 11.3 Å². The molecular weight excluding hydrogens is 412 g/mol. The highest BCUT2D eigenvalue weighted by atomic mass is 16.6. The summed E-state index contributed by atoms with van der Waals surface area (Å²) in [4.78, 5) is 33.9. The molecule has 2 N–H and O–H groups in total. The number of carbonyl (C=O) groups is 1. The first-order valence-electron chi connectivity index (χ1n) is 10.7. The van der Waals surface area contributed by atoms with Crippen LogP contribution in [0.15, 0.2) is 30.3 Å². The number of nitrogens with zero attached hydrogens (tertiary/aromatic N) is 4. The van der Waals surface area contributed by atoms with Gasteiger partial charge in [-0.3, -0.25) is 10.1 Å². The number of ether oxygens (including phenoxy) is 1. The number of hydrogen-bond acceptors (Lipinski definition) is 8. The number of aryl methyl sites for hydroxylation is 1. The lowest BCUT2D eigenvalue weighted by Crippen LogP contribution is -2.47. The Hall–Kier alpha value is -3.43. The Morgan fingerprint density at radius 1 is 1.28 bits per heavy atom. The lowest BCUT2D eigenvalue weighted by atomic mass is 10.1. The van der Waals surface area contributed by atoms with Gasteiger partial charge in [0.25, 0.3) is 0 Å². The van der Waals surface area contributed by atoms with Crippen molar-refractivity contribution in [1.29, 1.82) is 0 Å². The fraction of sp³-hybridized carbons (Fsp3) is 0.500. The molecule has 0 aliphatic carbocycles. The van der Waals surface area contributed by atoms with Crippen LogP contribution in [-0.4, -0.2) is 50.6 Å². The second-order valence-electron chi connectivity index (χ2n) is 8.84. The standard InChI is InChI=1S/C22H30N6O4/c1-15-18(28(30)31)19(26-20(24-15)23-13-16-9-6-5-7-10-16)25-17-11-8-12-27(14-17)21(29)32-22(2,3)4/h5-7,9-10,17H,8,11-14H2,1-4H3,(H2,23,24,25,26)/t17-/m1/s1. The molecule has 172 valence electrons. The van der Waals surface area contributed by atoms with Crippen molar-refractivity contribution in [3.63, 3.8) is 0 Å². The maximum Gasteiger partial charge on any atom is 0.410 e. The van der Waals surface area contributed by atoms with Crippen LogP contribution in [0.4, 0.5) is 22.2 Å². The number of hydrogen-bond donors (Lipinski definition) is 2. The number of benzene rings is 1. The molecule has 1 aliphatic rings. The molecule has 0 bridgehead atoms. The zero-order valence-corrected chi connectivity index (χ0v) is 18.9. The lowest BCUT2D eigenvalue weighted by Gasteiger charge is -2.34. The van der Waals surface area contributed by atoms with E-state index in [1.165, 1.54) is 0 Å². The zero-order chi connectivity index (χ0) is 23.3. The van der Waals surface area contributed by atoms with Crippen LogP contribution in [0.25, 0.3) is 0 Å². The van der Waals surface area contributed by atoms with E-state index in [9.17, 15) is 14.9 Å². The van der Waals surface area contributed by atoms with E-state index < -0.39 is 10.5 Å². The quantitative estimate of drug-likeness (QED) is 0.506. The van der Waals surface area contributed by atoms with Crippen LogP contribution in [0.2, 0.25) is 0 Å². The number of likely N-dealkylation sites (tertiary alicyclic amines) is 1. The van der Waals surface area contributed by atoms with Crippen LogP contribution >= 0.6 is 0 Å². The molecule has 0 unspecified atom stereocenters. The Morgan fingerprint density at radius 3 is 2.66 bits per heavy atom. The lowest BCUT2D eigenvalue weighted by molar-refractivity contribution is -0.385. The molecule has 1 amide bonds. The molecule has 32 heavy (non-hydrogen) atoms. The van der Waals surface area contributed by atoms with Crippen LogP contribution in [0.3, 0.4) is 0 Å². The third-order valence-corrected chi connectivity index (χ3v) is 4.95. The summed E-state index contributed by atoms with van der Waals surface area (Å²) in [5.41, 5.74) is 0.564. The van der Waals surface area contributed by atoms with Gasteiger partial charge in [-0.1, -0.05) is 30.3 Å². The predicted octanol–water partition coefficient (Wildman–Crippen LogP) is 4.12. The maximum absolute atomic E-state index is 12.4. The van der Waals surface area contributed by atoms with Gasteiger partial charge in [-0.05, 0) is 46.1 Å². The highest BCUT2D eigenvalue weighted by Gasteiger charge is 2.30. The van der Waals surface area contributed by atoms with Gasteiger partial charge in [-0.2, -0.15) is 4.98 Å². The predicted molar refractivity (Wildman–Crippen MR) is 122 cm³/mol. The summed E-state index contributed by atoms with van der Waals surface area (Å²) >= 11 is 0. The smallest absolute Gasteiger partial charge is 0.410 e. The molecule has 2 heterocycles. The van der Waals surface area contributed by atoms with Gasteiger partial charge < -0.3 is 20.3 Å². The van der Waals surface area contributed by atoms with Crippen LogP contribution in [-0.2, 0) is 11.3 Å². The second kappa shape index (κ2) is 9.80. The average Bonchev–Trinajstić information content (AvgIpc) is 2.71. The van der Waals surface area contributed by atoms with Crippen LogP contribution in [0.1, 0.15) is 44.9 Å². The second-order valence-corrected chi connectivity index (χ2v) is 8.84. The van der Waals surface area contributed by atoms with Crippen molar-refractivity contribution in [1.82, 2.24) is 14.9 Å². The number of aromatic nitrogens is 2. The summed E-state index contributed by atoms with van der Waals surface area (Å²) in [5.74, 6) is 0.452. The molecule has 0 radical (unpaired) electrons. The minimum absolute atomic E-state index is 0.147. The van der Waals surface area contributed by atoms with E-state index in [4.69, 9.17) is 4.74 Å². The third kappa shape index (κ3) is 6.29. The molecular formula is C22H30N6O4. The molecule has 10 heteroatoms. The number of nitrogens with one attached hydrogen (secondary N) is 2. The van der Waals surface area contributed by atoms with E-state index in [0.717, 1.165) is 18.4 Å². The molecule has 1 aromatic heterocycles. The third-order valence-electron chi connectivity index (χ3n) is 4.95. The minimum Gasteiger partial charge on any atom is -0.444 e. The molecule has 1 aromatic carbocycles. The number of rotatable bonds is 6. The Morgan fingerprint density at radius 2 is 2.00 bits per heavy atom. The van der Waals surface area contributed by atoms with E-state index >= 15 is 0 Å². The number of amides is 1. The average molecular weight is 443 g/mol. The maximum atomic E-state index is 12.4. The number of carbonyl (C=O) groups excluding carboxylic acids is 1. The highest BCUT2D eigenvalue weighted by Crippen LogP contribution is 2.29. The topological polar surface area (TPSA) is 123 Å². The van der Waals surface area contributed by atoms with Gasteiger partial charge in [-0.15, -0.1) is 0 Å². The van der Waals surface area contributed by atoms with E-state index in [-0.39, 0.29) is 29.3 Å². The molecule has 3 rings (SSSR count). The van der Waals surface area contributed by atoms with Gasteiger partial charge in [0.05, 0.1) is 4.92 Å². The summed E-state index contributed by atoms with van der Waals surface area (Å²) in [6.07, 6.45) is 1.13. The fourth-order valence-corrected chi connectivity index (χ4v) is 3.52. The largest absolute Gasteiger partial charge is 0.444 e. The molecule has 1 fully saturated rings. The Balaban J connectivity index is 1.75. The fourth-order valence-electron chi connectivity index (χ4n) is 3.52. The molecule has 10 nitrogen and oxygen atoms in total. The van der Waals surface area contributed by atoms with Gasteiger partial charge in [0.2, 0.25) is 11.8 Å². The van der Waals surface area contributed by atoms with Crippen molar-refractivity contribution >= 4 is 23.5 Å². The SMILES string of the molecule is Cc1nc(NCc2ccccc2)nc(N[C@@H]2CCCN(C(=O)OC(C)(C)C)C2)c1[N+](=O)[O-]. The summed E-state index contributed by atoms with van der Waals surface area (Å²) in [5, 5.41) is 18.0. The first kappa shape index (κ1) is 23.2. The summed E-state index contributed by atoms with van der Waals surface area (Å²) in [7, 11) is 0. The molecule has 2 aromatic rings. The van der Waals surface area contributed by atoms with Gasteiger partial charge in [0, 0.05) is 25.7 Å².